The van der Waals surface area contributed by atoms with Crippen molar-refractivity contribution in [2.24, 2.45) is 5.92 Å². The van der Waals surface area contributed by atoms with Crippen LogP contribution in [0.15, 0.2) is 22.8 Å². The van der Waals surface area contributed by atoms with Crippen LogP contribution in [0.3, 0.4) is 0 Å². The van der Waals surface area contributed by atoms with E-state index in [0.717, 1.165) is 25.0 Å². The molecule has 1 unspecified atom stereocenters. The van der Waals surface area contributed by atoms with E-state index in [1.54, 1.807) is 6.92 Å². The molecular weight excluding hydrogens is 382 g/mol. The third kappa shape index (κ3) is 5.82. The summed E-state index contributed by atoms with van der Waals surface area (Å²) in [4.78, 5) is 26.4. The second kappa shape index (κ2) is 9.58. The molecule has 0 spiro atoms. The SMILES string of the molecule is Cc1nonc1CC(=O)N1CCCC(CCC(=O)NCc2ccc(F)c(F)c2)C1. The highest BCUT2D eigenvalue weighted by atomic mass is 19.2. The van der Waals surface area contributed by atoms with Gasteiger partial charge in [0.1, 0.15) is 11.4 Å². The van der Waals surface area contributed by atoms with Gasteiger partial charge in [0.25, 0.3) is 0 Å². The predicted octanol–water partition coefficient (Wildman–Crippen LogP) is 2.53. The minimum atomic E-state index is -0.930. The average Bonchev–Trinajstić information content (AvgIpc) is 3.12. The molecule has 0 aliphatic carbocycles. The van der Waals surface area contributed by atoms with Crippen LogP contribution in [0.5, 0.6) is 0 Å². The van der Waals surface area contributed by atoms with Gasteiger partial charge in [-0.15, -0.1) is 0 Å². The number of aromatic nitrogens is 2. The molecule has 0 saturated carbocycles. The molecule has 0 bridgehead atoms. The normalized spacial score (nSPS) is 16.7. The van der Waals surface area contributed by atoms with Crippen molar-refractivity contribution >= 4 is 11.8 Å². The predicted molar refractivity (Wildman–Crippen MR) is 99.5 cm³/mol. The number of likely N-dealkylation sites (tertiary alicyclic amines) is 1. The van der Waals surface area contributed by atoms with Gasteiger partial charge < -0.3 is 10.2 Å². The molecular formula is C20H24F2N4O3. The first-order chi connectivity index (χ1) is 13.9. The summed E-state index contributed by atoms with van der Waals surface area (Å²) in [6.45, 7) is 3.20. The summed E-state index contributed by atoms with van der Waals surface area (Å²) in [5.74, 6) is -1.76. The van der Waals surface area contributed by atoms with Gasteiger partial charge in [-0.25, -0.2) is 13.4 Å². The number of nitrogens with zero attached hydrogens (tertiary/aromatic N) is 3. The molecule has 7 nitrogen and oxygen atoms in total. The molecule has 1 aliphatic heterocycles. The fourth-order valence-electron chi connectivity index (χ4n) is 3.47. The van der Waals surface area contributed by atoms with E-state index in [-0.39, 0.29) is 30.7 Å². The van der Waals surface area contributed by atoms with Crippen LogP contribution in [-0.4, -0.2) is 40.1 Å². The van der Waals surface area contributed by atoms with Crippen LogP contribution in [0.2, 0.25) is 0 Å². The van der Waals surface area contributed by atoms with Gasteiger partial charge in [0.05, 0.1) is 6.42 Å². The largest absolute Gasteiger partial charge is 0.352 e. The van der Waals surface area contributed by atoms with E-state index in [1.165, 1.54) is 6.07 Å². The van der Waals surface area contributed by atoms with E-state index in [1.807, 2.05) is 4.90 Å². The number of hydrogen-bond donors (Lipinski definition) is 1. The minimum Gasteiger partial charge on any atom is -0.352 e. The first-order valence-electron chi connectivity index (χ1n) is 9.69. The van der Waals surface area contributed by atoms with Crippen LogP contribution in [-0.2, 0) is 22.6 Å². The second-order valence-electron chi connectivity index (χ2n) is 7.38. The van der Waals surface area contributed by atoms with Crippen LogP contribution in [0.1, 0.15) is 42.6 Å². The lowest BCUT2D eigenvalue weighted by atomic mass is 9.93. The van der Waals surface area contributed by atoms with E-state index in [0.29, 0.717) is 42.9 Å². The molecule has 1 fully saturated rings. The maximum absolute atomic E-state index is 13.2. The van der Waals surface area contributed by atoms with E-state index >= 15 is 0 Å². The number of halogens is 2. The molecule has 1 saturated heterocycles. The molecule has 2 aromatic rings. The first kappa shape index (κ1) is 20.9. The molecule has 1 aliphatic rings. The number of carbonyl (C=O) groups excluding carboxylic acids is 2. The molecule has 2 amide bonds. The number of benzene rings is 1. The Balaban J connectivity index is 1.41. The number of aryl methyl sites for hydroxylation is 1. The summed E-state index contributed by atoms with van der Waals surface area (Å²) in [5, 5.41) is 10.2. The smallest absolute Gasteiger partial charge is 0.228 e. The van der Waals surface area contributed by atoms with Crippen molar-refractivity contribution in [3.63, 3.8) is 0 Å². The fourth-order valence-corrected chi connectivity index (χ4v) is 3.47. The molecule has 9 heteroatoms. The maximum Gasteiger partial charge on any atom is 0.228 e. The van der Waals surface area contributed by atoms with Gasteiger partial charge in [-0.3, -0.25) is 9.59 Å². The Labute approximate surface area is 167 Å². The summed E-state index contributed by atoms with van der Waals surface area (Å²) in [6.07, 6.45) is 3.01. The summed E-state index contributed by atoms with van der Waals surface area (Å²) in [6, 6.07) is 3.56. The Kier molecular flexibility index (Phi) is 6.90. The van der Waals surface area contributed by atoms with Gasteiger partial charge in [0.15, 0.2) is 11.6 Å². The molecule has 29 heavy (non-hydrogen) atoms. The van der Waals surface area contributed by atoms with Gasteiger partial charge >= 0.3 is 0 Å². The highest BCUT2D eigenvalue weighted by molar-refractivity contribution is 5.78. The topological polar surface area (TPSA) is 88.3 Å². The average molecular weight is 406 g/mol. The second-order valence-corrected chi connectivity index (χ2v) is 7.38. The third-order valence-electron chi connectivity index (χ3n) is 5.19. The molecule has 2 heterocycles. The quantitative estimate of drug-likeness (QED) is 0.763. The minimum absolute atomic E-state index is 0.0173. The number of carbonyl (C=O) groups is 2. The number of rotatable bonds is 7. The highest BCUT2D eigenvalue weighted by Gasteiger charge is 2.25. The third-order valence-corrected chi connectivity index (χ3v) is 5.19. The molecule has 1 aromatic heterocycles. The van der Waals surface area contributed by atoms with Crippen molar-refractivity contribution in [3.05, 3.63) is 46.8 Å². The molecule has 0 radical (unpaired) electrons. The Morgan fingerprint density at radius 3 is 2.83 bits per heavy atom. The highest BCUT2D eigenvalue weighted by Crippen LogP contribution is 2.22. The van der Waals surface area contributed by atoms with Gasteiger partial charge in [0.2, 0.25) is 11.8 Å². The first-order valence-corrected chi connectivity index (χ1v) is 9.69. The Hall–Kier alpha value is -2.84. The van der Waals surface area contributed by atoms with E-state index in [9.17, 15) is 18.4 Å². The van der Waals surface area contributed by atoms with Crippen molar-refractivity contribution in [3.8, 4) is 0 Å². The van der Waals surface area contributed by atoms with Crippen molar-refractivity contribution in [2.75, 3.05) is 13.1 Å². The summed E-state index contributed by atoms with van der Waals surface area (Å²) < 4.78 is 30.8. The number of hydrogen-bond acceptors (Lipinski definition) is 5. The summed E-state index contributed by atoms with van der Waals surface area (Å²) in [5.41, 5.74) is 1.67. The maximum atomic E-state index is 13.2. The van der Waals surface area contributed by atoms with Crippen molar-refractivity contribution in [1.29, 1.82) is 0 Å². The zero-order valence-corrected chi connectivity index (χ0v) is 16.3. The van der Waals surface area contributed by atoms with Gasteiger partial charge in [-0.1, -0.05) is 16.4 Å². The van der Waals surface area contributed by atoms with E-state index in [2.05, 4.69) is 20.3 Å². The fraction of sp³-hybridized carbons (Fsp3) is 0.500. The van der Waals surface area contributed by atoms with Crippen LogP contribution >= 0.6 is 0 Å². The van der Waals surface area contributed by atoms with Crippen LogP contribution in [0.25, 0.3) is 0 Å². The molecule has 1 N–H and O–H groups in total. The molecule has 1 atom stereocenters. The molecule has 1 aromatic carbocycles. The van der Waals surface area contributed by atoms with Crippen molar-refractivity contribution < 1.29 is 23.0 Å². The lowest BCUT2D eigenvalue weighted by molar-refractivity contribution is -0.132. The number of amides is 2. The zero-order valence-electron chi connectivity index (χ0n) is 16.3. The van der Waals surface area contributed by atoms with E-state index < -0.39 is 11.6 Å². The Morgan fingerprint density at radius 2 is 2.10 bits per heavy atom. The molecule has 156 valence electrons. The van der Waals surface area contributed by atoms with Crippen molar-refractivity contribution in [2.45, 2.75) is 45.6 Å². The van der Waals surface area contributed by atoms with E-state index in [4.69, 9.17) is 0 Å². The zero-order chi connectivity index (χ0) is 20.8. The Bertz CT molecular complexity index is 871. The monoisotopic (exact) mass is 406 g/mol. The van der Waals surface area contributed by atoms with Crippen LogP contribution < -0.4 is 5.32 Å². The standard InChI is InChI=1S/C20H24F2N4O3/c1-13-18(25-29-24-13)10-20(28)26-8-2-3-14(12-26)5-7-19(27)23-11-15-4-6-16(21)17(22)9-15/h4,6,9,14H,2-3,5,7-8,10-12H2,1H3,(H,23,27). The van der Waals surface area contributed by atoms with Crippen molar-refractivity contribution in [1.82, 2.24) is 20.5 Å². The number of nitrogens with one attached hydrogen (secondary N) is 1. The van der Waals surface area contributed by atoms with Gasteiger partial charge in [0, 0.05) is 26.1 Å². The lowest BCUT2D eigenvalue weighted by Crippen LogP contribution is -2.41. The van der Waals surface area contributed by atoms with Crippen LogP contribution in [0, 0.1) is 24.5 Å². The van der Waals surface area contributed by atoms with Crippen LogP contribution in [0.4, 0.5) is 8.78 Å². The van der Waals surface area contributed by atoms with Gasteiger partial charge in [-0.2, -0.15) is 0 Å². The number of piperidine rings is 1. The Morgan fingerprint density at radius 1 is 1.28 bits per heavy atom. The lowest BCUT2D eigenvalue weighted by Gasteiger charge is -2.32. The molecule has 3 rings (SSSR count). The summed E-state index contributed by atoms with van der Waals surface area (Å²) in [7, 11) is 0. The summed E-state index contributed by atoms with van der Waals surface area (Å²) >= 11 is 0. The van der Waals surface area contributed by atoms with Gasteiger partial charge in [-0.05, 0) is 49.8 Å².